The van der Waals surface area contributed by atoms with Crippen molar-refractivity contribution in [2.24, 2.45) is 0 Å². The molecule has 0 aliphatic carbocycles. The van der Waals surface area contributed by atoms with Gasteiger partial charge in [-0.2, -0.15) is 0 Å². The molecule has 19 heavy (non-hydrogen) atoms. The molecule has 100 valence electrons. The zero-order chi connectivity index (χ0) is 14.0. The number of benzene rings is 1. The maximum absolute atomic E-state index is 11.8. The van der Waals surface area contributed by atoms with Crippen LogP contribution in [0.3, 0.4) is 0 Å². The molecular weight excluding hydrogens is 266 g/mol. The van der Waals surface area contributed by atoms with E-state index in [9.17, 15) is 9.59 Å². The van der Waals surface area contributed by atoms with Crippen molar-refractivity contribution in [2.75, 3.05) is 12.4 Å². The smallest absolute Gasteiger partial charge is 0.255 e. The molecule has 1 atom stereocenters. The summed E-state index contributed by atoms with van der Waals surface area (Å²) in [5.74, 6) is -0.186. The zero-order valence-corrected chi connectivity index (χ0v) is 11.3. The van der Waals surface area contributed by atoms with Gasteiger partial charge in [0.2, 0.25) is 5.91 Å². The number of carbonyl (C=O) groups excluding carboxylic acids is 1. The van der Waals surface area contributed by atoms with Crippen molar-refractivity contribution in [2.45, 2.75) is 13.0 Å². The van der Waals surface area contributed by atoms with Crippen LogP contribution in [0.2, 0.25) is 5.02 Å². The highest BCUT2D eigenvalue weighted by molar-refractivity contribution is 6.34. The van der Waals surface area contributed by atoms with Crippen LogP contribution in [0.25, 0.3) is 10.8 Å². The molecule has 0 saturated heterocycles. The molecule has 1 amide bonds. The summed E-state index contributed by atoms with van der Waals surface area (Å²) in [5, 5.41) is 7.12. The van der Waals surface area contributed by atoms with Crippen LogP contribution in [0.15, 0.2) is 29.2 Å². The molecule has 3 N–H and O–H groups in total. The van der Waals surface area contributed by atoms with Crippen molar-refractivity contribution in [3.8, 4) is 0 Å². The van der Waals surface area contributed by atoms with Crippen molar-refractivity contribution < 1.29 is 4.79 Å². The molecule has 5 nitrogen and oxygen atoms in total. The van der Waals surface area contributed by atoms with Crippen molar-refractivity contribution in [3.05, 3.63) is 39.8 Å². The van der Waals surface area contributed by atoms with E-state index in [-0.39, 0.29) is 17.5 Å². The molecule has 1 heterocycles. The molecule has 0 aliphatic rings. The molecule has 0 fully saturated rings. The maximum atomic E-state index is 11.8. The summed E-state index contributed by atoms with van der Waals surface area (Å²) in [6, 6.07) is 4.67. The largest absolute Gasteiger partial charge is 0.329 e. The lowest BCUT2D eigenvalue weighted by Gasteiger charge is -2.12. The Hall–Kier alpha value is -1.85. The number of likely N-dealkylation sites (N-methyl/N-ethyl adjacent to an activating group) is 1. The molecule has 1 unspecified atom stereocenters. The molecule has 0 saturated carbocycles. The van der Waals surface area contributed by atoms with Gasteiger partial charge in [0.1, 0.15) is 0 Å². The zero-order valence-electron chi connectivity index (χ0n) is 10.6. The summed E-state index contributed by atoms with van der Waals surface area (Å²) in [6.45, 7) is 1.75. The van der Waals surface area contributed by atoms with E-state index in [1.165, 1.54) is 0 Å². The first kappa shape index (κ1) is 13.6. The predicted octanol–water partition coefficient (Wildman–Crippen LogP) is 1.73. The van der Waals surface area contributed by atoms with Crippen LogP contribution in [0.4, 0.5) is 5.69 Å². The summed E-state index contributed by atoms with van der Waals surface area (Å²) < 4.78 is 0. The van der Waals surface area contributed by atoms with Gasteiger partial charge in [-0.1, -0.05) is 11.6 Å². The molecule has 2 aromatic rings. The number of aromatic nitrogens is 1. The van der Waals surface area contributed by atoms with Gasteiger partial charge in [0.05, 0.1) is 16.8 Å². The van der Waals surface area contributed by atoms with E-state index in [0.717, 1.165) is 5.39 Å². The van der Waals surface area contributed by atoms with Crippen LogP contribution < -0.4 is 16.2 Å². The van der Waals surface area contributed by atoms with Gasteiger partial charge >= 0.3 is 0 Å². The van der Waals surface area contributed by atoms with E-state index >= 15 is 0 Å². The first-order chi connectivity index (χ1) is 9.02. The number of hydrogen-bond acceptors (Lipinski definition) is 3. The van der Waals surface area contributed by atoms with E-state index < -0.39 is 0 Å². The second kappa shape index (κ2) is 5.42. The van der Waals surface area contributed by atoms with Crippen LogP contribution in [-0.4, -0.2) is 24.0 Å². The van der Waals surface area contributed by atoms with Crippen LogP contribution in [0.5, 0.6) is 0 Å². The minimum Gasteiger partial charge on any atom is -0.329 e. The van der Waals surface area contributed by atoms with Gasteiger partial charge in [-0.15, -0.1) is 0 Å². The first-order valence-electron chi connectivity index (χ1n) is 5.82. The van der Waals surface area contributed by atoms with Crippen molar-refractivity contribution in [1.29, 1.82) is 0 Å². The summed E-state index contributed by atoms with van der Waals surface area (Å²) in [5.41, 5.74) is 0.285. The van der Waals surface area contributed by atoms with Crippen LogP contribution in [0.1, 0.15) is 6.92 Å². The lowest BCUT2D eigenvalue weighted by Crippen LogP contribution is -2.35. The van der Waals surface area contributed by atoms with Crippen molar-refractivity contribution in [3.63, 3.8) is 0 Å². The van der Waals surface area contributed by atoms with Crippen LogP contribution in [0, 0.1) is 0 Å². The highest BCUT2D eigenvalue weighted by Gasteiger charge is 2.13. The third kappa shape index (κ3) is 2.77. The Morgan fingerprint density at radius 3 is 2.84 bits per heavy atom. The lowest BCUT2D eigenvalue weighted by molar-refractivity contribution is -0.117. The Morgan fingerprint density at radius 2 is 2.16 bits per heavy atom. The molecule has 0 aliphatic heterocycles. The Bertz CT molecular complexity index is 681. The summed E-state index contributed by atoms with van der Waals surface area (Å²) in [7, 11) is 1.70. The quantitative estimate of drug-likeness (QED) is 0.801. The highest BCUT2D eigenvalue weighted by Crippen LogP contribution is 2.26. The van der Waals surface area contributed by atoms with Crippen molar-refractivity contribution >= 4 is 34.0 Å². The number of amides is 1. The molecule has 0 spiro atoms. The highest BCUT2D eigenvalue weighted by atomic mass is 35.5. The third-order valence-corrected chi connectivity index (χ3v) is 3.26. The number of nitrogens with one attached hydrogen (secondary N) is 3. The average Bonchev–Trinajstić information content (AvgIpc) is 2.40. The summed E-state index contributed by atoms with van der Waals surface area (Å²) in [4.78, 5) is 26.0. The fraction of sp³-hybridized carbons (Fsp3) is 0.231. The lowest BCUT2D eigenvalue weighted by atomic mass is 10.1. The predicted molar refractivity (Wildman–Crippen MR) is 76.7 cm³/mol. The fourth-order valence-corrected chi connectivity index (χ4v) is 1.89. The molecule has 2 rings (SSSR count). The van der Waals surface area contributed by atoms with Gasteiger partial charge in [0.25, 0.3) is 5.56 Å². The van der Waals surface area contributed by atoms with Crippen LogP contribution in [-0.2, 0) is 4.79 Å². The van der Waals surface area contributed by atoms with Gasteiger partial charge in [0.15, 0.2) is 0 Å². The number of carbonyl (C=O) groups is 1. The molecule has 1 aromatic heterocycles. The number of halogens is 1. The normalized spacial score (nSPS) is 12.4. The number of H-pyrrole nitrogens is 1. The van der Waals surface area contributed by atoms with Crippen LogP contribution >= 0.6 is 11.6 Å². The van der Waals surface area contributed by atoms with E-state index in [4.69, 9.17) is 11.6 Å². The maximum Gasteiger partial charge on any atom is 0.255 e. The topological polar surface area (TPSA) is 74.0 Å². The van der Waals surface area contributed by atoms with Gasteiger partial charge in [-0.05, 0) is 37.6 Å². The fourth-order valence-electron chi connectivity index (χ4n) is 1.68. The number of pyridine rings is 1. The monoisotopic (exact) mass is 279 g/mol. The van der Waals surface area contributed by atoms with Crippen molar-refractivity contribution in [1.82, 2.24) is 10.3 Å². The molecule has 6 heteroatoms. The van der Waals surface area contributed by atoms with Gasteiger partial charge in [-0.25, -0.2) is 0 Å². The summed E-state index contributed by atoms with van der Waals surface area (Å²) >= 11 is 6.08. The molecular formula is C13H14ClN3O2. The van der Waals surface area contributed by atoms with E-state index in [1.54, 1.807) is 38.4 Å². The third-order valence-electron chi connectivity index (χ3n) is 2.95. The second-order valence-electron chi connectivity index (χ2n) is 4.23. The summed E-state index contributed by atoms with van der Waals surface area (Å²) in [6.07, 6.45) is 1.56. The van der Waals surface area contributed by atoms with Gasteiger partial charge in [0, 0.05) is 11.6 Å². The van der Waals surface area contributed by atoms with E-state index in [0.29, 0.717) is 16.1 Å². The Balaban J connectivity index is 2.42. The van der Waals surface area contributed by atoms with Gasteiger partial charge in [-0.3, -0.25) is 9.59 Å². The second-order valence-corrected chi connectivity index (χ2v) is 4.63. The number of fused-ring (bicyclic) bond motifs is 1. The molecule has 0 radical (unpaired) electrons. The minimum absolute atomic E-state index is 0.186. The molecule has 0 bridgehead atoms. The Morgan fingerprint density at radius 1 is 1.42 bits per heavy atom. The Labute approximate surface area is 115 Å². The first-order valence-corrected chi connectivity index (χ1v) is 6.20. The Kier molecular flexibility index (Phi) is 3.87. The SMILES string of the molecule is CNC(C)C(=O)Nc1cc2cc[nH]c(=O)c2cc1Cl. The number of aromatic amines is 1. The van der Waals surface area contributed by atoms with E-state index in [1.807, 2.05) is 0 Å². The minimum atomic E-state index is -0.328. The van der Waals surface area contributed by atoms with E-state index in [2.05, 4.69) is 15.6 Å². The standard InChI is InChI=1S/C13H14ClN3O2/c1-7(15-2)12(18)17-11-5-8-3-4-16-13(19)9(8)6-10(11)14/h3-7,15H,1-2H3,(H,16,19)(H,17,18). The van der Waals surface area contributed by atoms with Gasteiger partial charge < -0.3 is 15.6 Å². The molecule has 1 aromatic carbocycles. The number of hydrogen-bond donors (Lipinski definition) is 3. The number of anilines is 1. The number of rotatable bonds is 3. The average molecular weight is 280 g/mol.